The van der Waals surface area contributed by atoms with Crippen molar-refractivity contribution in [2.75, 3.05) is 13.7 Å². The lowest BCUT2D eigenvalue weighted by Gasteiger charge is -2.10. The van der Waals surface area contributed by atoms with Gasteiger partial charge in [-0.3, -0.25) is 0 Å². The summed E-state index contributed by atoms with van der Waals surface area (Å²) in [4.78, 5) is 16.4. The van der Waals surface area contributed by atoms with Gasteiger partial charge in [0.1, 0.15) is 0 Å². The van der Waals surface area contributed by atoms with E-state index >= 15 is 0 Å². The van der Waals surface area contributed by atoms with Crippen LogP contribution in [0.4, 0.5) is 0 Å². The number of aryl methyl sites for hydroxylation is 1. The van der Waals surface area contributed by atoms with E-state index in [1.807, 2.05) is 0 Å². The molecule has 0 aromatic carbocycles. The van der Waals surface area contributed by atoms with Crippen LogP contribution in [0.1, 0.15) is 40.1 Å². The van der Waals surface area contributed by atoms with Crippen molar-refractivity contribution in [2.24, 2.45) is 0 Å². The molecule has 0 spiro atoms. The molecule has 1 aliphatic carbocycles. The molecule has 112 valence electrons. The third-order valence-electron chi connectivity index (χ3n) is 3.45. The predicted molar refractivity (Wildman–Crippen MR) is 76.5 cm³/mol. The fraction of sp³-hybridized carbons (Fsp3) is 0.667. The maximum atomic E-state index is 11.9. The molecule has 0 unspecified atom stereocenters. The van der Waals surface area contributed by atoms with Crippen molar-refractivity contribution in [1.82, 2.24) is 9.71 Å². The number of rotatable bonds is 6. The molecule has 1 saturated carbocycles. The third-order valence-corrected chi connectivity index (χ3v) is 6.77. The number of aromatic nitrogens is 1. The van der Waals surface area contributed by atoms with Gasteiger partial charge in [0.2, 0.25) is 10.0 Å². The fourth-order valence-corrected chi connectivity index (χ4v) is 4.03. The summed E-state index contributed by atoms with van der Waals surface area (Å²) in [6.07, 6.45) is 1.90. The Labute approximate surface area is 122 Å². The minimum absolute atomic E-state index is 0.297. The largest absolute Gasteiger partial charge is 0.464 e. The second kappa shape index (κ2) is 5.42. The van der Waals surface area contributed by atoms with E-state index in [0.717, 1.165) is 9.88 Å². The Morgan fingerprint density at radius 1 is 1.50 bits per heavy atom. The second-order valence-corrected chi connectivity index (χ2v) is 8.67. The molecule has 0 saturated heterocycles. The maximum absolute atomic E-state index is 11.9. The first kappa shape index (κ1) is 15.4. The number of carbonyl (C=O) groups is 1. The van der Waals surface area contributed by atoms with Crippen LogP contribution in [0.15, 0.2) is 0 Å². The first-order valence-electron chi connectivity index (χ1n) is 6.33. The Hall–Kier alpha value is -0.990. The van der Waals surface area contributed by atoms with Gasteiger partial charge in [-0.1, -0.05) is 0 Å². The lowest BCUT2D eigenvalue weighted by molar-refractivity contribution is 0.0594. The molecule has 0 bridgehead atoms. The summed E-state index contributed by atoms with van der Waals surface area (Å²) < 4.78 is 30.5. The first-order chi connectivity index (χ1) is 9.29. The number of hydrogen-bond donors (Lipinski definition) is 1. The van der Waals surface area contributed by atoms with Gasteiger partial charge >= 0.3 is 5.97 Å². The monoisotopic (exact) mass is 318 g/mol. The maximum Gasteiger partial charge on any atom is 0.357 e. The summed E-state index contributed by atoms with van der Waals surface area (Å²) >= 11 is 1.38. The van der Waals surface area contributed by atoms with Crippen LogP contribution in [0.5, 0.6) is 0 Å². The number of hydrogen-bond acceptors (Lipinski definition) is 6. The Kier molecular flexibility index (Phi) is 4.17. The van der Waals surface area contributed by atoms with E-state index < -0.39 is 20.7 Å². The molecule has 8 heteroatoms. The van der Waals surface area contributed by atoms with Gasteiger partial charge in [0, 0.05) is 17.8 Å². The molecular formula is C12H18N2O4S2. The van der Waals surface area contributed by atoms with E-state index in [0.29, 0.717) is 31.5 Å². The molecule has 1 fully saturated rings. The predicted octanol–water partition coefficient (Wildman–Crippen LogP) is 1.25. The van der Waals surface area contributed by atoms with Crippen LogP contribution in [-0.2, 0) is 21.2 Å². The number of thiazole rings is 1. The Balaban J connectivity index is 1.94. The van der Waals surface area contributed by atoms with Gasteiger partial charge < -0.3 is 4.74 Å². The lowest BCUT2D eigenvalue weighted by atomic mass is 10.4. The van der Waals surface area contributed by atoms with E-state index in [1.165, 1.54) is 18.4 Å². The summed E-state index contributed by atoms with van der Waals surface area (Å²) in [6.45, 7) is 3.84. The van der Waals surface area contributed by atoms with E-state index in [9.17, 15) is 13.2 Å². The van der Waals surface area contributed by atoms with Crippen molar-refractivity contribution in [3.8, 4) is 0 Å². The Morgan fingerprint density at radius 2 is 2.15 bits per heavy atom. The molecule has 0 radical (unpaired) electrons. The summed E-state index contributed by atoms with van der Waals surface area (Å²) in [7, 11) is -1.94. The van der Waals surface area contributed by atoms with Crippen LogP contribution in [-0.4, -0.2) is 37.8 Å². The van der Waals surface area contributed by atoms with Crippen LogP contribution in [0.25, 0.3) is 0 Å². The Morgan fingerprint density at radius 3 is 2.70 bits per heavy atom. The minimum atomic E-state index is -3.25. The van der Waals surface area contributed by atoms with Gasteiger partial charge in [-0.2, -0.15) is 0 Å². The third kappa shape index (κ3) is 3.02. The van der Waals surface area contributed by atoms with Crippen molar-refractivity contribution >= 4 is 27.3 Å². The minimum Gasteiger partial charge on any atom is -0.464 e. The van der Waals surface area contributed by atoms with Crippen molar-refractivity contribution < 1.29 is 17.9 Å². The highest BCUT2D eigenvalue weighted by molar-refractivity contribution is 7.91. The molecule has 6 nitrogen and oxygen atoms in total. The molecule has 1 aromatic heterocycles. The standard InChI is InChI=1S/C12H18N2O4S2/c1-8-10(11(15)18-3)14-9(19-8)4-7-13-20(16,17)12(2)5-6-12/h13H,4-7H2,1-3H3. The number of nitrogens with zero attached hydrogens (tertiary/aromatic N) is 1. The highest BCUT2D eigenvalue weighted by atomic mass is 32.2. The molecule has 1 aromatic rings. The van der Waals surface area contributed by atoms with E-state index in [1.54, 1.807) is 13.8 Å². The summed E-state index contributed by atoms with van der Waals surface area (Å²) in [5, 5.41) is 0.728. The average Bonchev–Trinajstić information content (AvgIpc) is 3.04. The molecular weight excluding hydrogens is 300 g/mol. The molecule has 1 aliphatic rings. The first-order valence-corrected chi connectivity index (χ1v) is 8.63. The zero-order chi connectivity index (χ0) is 15.0. The van der Waals surface area contributed by atoms with Gasteiger partial charge in [-0.05, 0) is 26.7 Å². The summed E-state index contributed by atoms with van der Waals surface area (Å²) in [5.41, 5.74) is 0.310. The molecule has 1 heterocycles. The van der Waals surface area contributed by atoms with Gasteiger partial charge in [0.15, 0.2) is 5.69 Å². The van der Waals surface area contributed by atoms with E-state index in [4.69, 9.17) is 0 Å². The number of carbonyl (C=O) groups excluding carboxylic acids is 1. The van der Waals surface area contributed by atoms with Crippen LogP contribution in [0.3, 0.4) is 0 Å². The number of methoxy groups -OCH3 is 1. The average molecular weight is 318 g/mol. The van der Waals surface area contributed by atoms with Crippen molar-refractivity contribution in [3.05, 3.63) is 15.6 Å². The van der Waals surface area contributed by atoms with Gasteiger partial charge in [-0.15, -0.1) is 11.3 Å². The zero-order valence-electron chi connectivity index (χ0n) is 11.7. The van der Waals surface area contributed by atoms with Crippen LogP contribution < -0.4 is 4.72 Å². The molecule has 0 aliphatic heterocycles. The van der Waals surface area contributed by atoms with Crippen molar-refractivity contribution in [3.63, 3.8) is 0 Å². The SMILES string of the molecule is COC(=O)c1nc(CCNS(=O)(=O)C2(C)CC2)sc1C. The lowest BCUT2D eigenvalue weighted by Crippen LogP contribution is -2.35. The quantitative estimate of drug-likeness (QED) is 0.798. The summed E-state index contributed by atoms with van der Waals surface area (Å²) in [5.74, 6) is -0.462. The second-order valence-electron chi connectivity index (χ2n) is 5.10. The number of ether oxygens (including phenoxy) is 1. The van der Waals surface area contributed by atoms with Gasteiger partial charge in [0.05, 0.1) is 16.9 Å². The number of esters is 1. The number of sulfonamides is 1. The van der Waals surface area contributed by atoms with Gasteiger partial charge in [-0.25, -0.2) is 22.9 Å². The van der Waals surface area contributed by atoms with Crippen LogP contribution >= 0.6 is 11.3 Å². The zero-order valence-corrected chi connectivity index (χ0v) is 13.4. The van der Waals surface area contributed by atoms with E-state index in [-0.39, 0.29) is 0 Å². The highest BCUT2D eigenvalue weighted by Gasteiger charge is 2.49. The summed E-state index contributed by atoms with van der Waals surface area (Å²) in [6, 6.07) is 0. The fourth-order valence-electron chi connectivity index (χ4n) is 1.76. The van der Waals surface area contributed by atoms with Crippen LogP contribution in [0, 0.1) is 6.92 Å². The van der Waals surface area contributed by atoms with E-state index in [2.05, 4.69) is 14.4 Å². The van der Waals surface area contributed by atoms with Crippen LogP contribution in [0.2, 0.25) is 0 Å². The normalized spacial score (nSPS) is 16.9. The molecule has 0 atom stereocenters. The molecule has 0 amide bonds. The topological polar surface area (TPSA) is 85.4 Å². The van der Waals surface area contributed by atoms with Crippen molar-refractivity contribution in [1.29, 1.82) is 0 Å². The molecule has 1 N–H and O–H groups in total. The molecule has 2 rings (SSSR count). The smallest absolute Gasteiger partial charge is 0.357 e. The highest BCUT2D eigenvalue weighted by Crippen LogP contribution is 2.42. The number of nitrogens with one attached hydrogen (secondary N) is 1. The van der Waals surface area contributed by atoms with Gasteiger partial charge in [0.25, 0.3) is 0 Å². The Bertz CT molecular complexity index is 617. The van der Waals surface area contributed by atoms with Crippen molar-refractivity contribution in [2.45, 2.75) is 37.9 Å². The molecule has 20 heavy (non-hydrogen) atoms.